The van der Waals surface area contributed by atoms with Crippen molar-refractivity contribution in [2.75, 3.05) is 29.9 Å². The van der Waals surface area contributed by atoms with Gasteiger partial charge in [0.15, 0.2) is 0 Å². The summed E-state index contributed by atoms with van der Waals surface area (Å²) in [6, 6.07) is 1.98. The van der Waals surface area contributed by atoms with Crippen LogP contribution in [0.25, 0.3) is 0 Å². The predicted octanol–water partition coefficient (Wildman–Crippen LogP) is 2.29. The molecule has 0 radical (unpaired) electrons. The van der Waals surface area contributed by atoms with Gasteiger partial charge < -0.3 is 15.3 Å². The summed E-state index contributed by atoms with van der Waals surface area (Å²) < 4.78 is 0. The van der Waals surface area contributed by atoms with Gasteiger partial charge in [-0.3, -0.25) is 0 Å². The van der Waals surface area contributed by atoms with E-state index in [9.17, 15) is 5.11 Å². The number of anilines is 2. The molecule has 2 N–H and O–H groups in total. The zero-order valence-corrected chi connectivity index (χ0v) is 12.5. The summed E-state index contributed by atoms with van der Waals surface area (Å²) in [5.41, 5.74) is 0. The van der Waals surface area contributed by atoms with Gasteiger partial charge in [0, 0.05) is 25.7 Å². The molecule has 1 aromatic rings. The molecule has 0 saturated carbocycles. The van der Waals surface area contributed by atoms with Crippen molar-refractivity contribution in [3.63, 3.8) is 0 Å². The molecule has 0 spiro atoms. The Morgan fingerprint density at radius 2 is 2.00 bits per heavy atom. The van der Waals surface area contributed by atoms with Crippen molar-refractivity contribution in [3.8, 4) is 0 Å². The minimum atomic E-state index is -0.330. The Bertz CT molecular complexity index is 405. The Balaban J connectivity index is 1.88. The summed E-state index contributed by atoms with van der Waals surface area (Å²) in [6.45, 7) is 6.91. The first kappa shape index (κ1) is 15.0. The van der Waals surface area contributed by atoms with Crippen LogP contribution in [0.4, 0.5) is 11.6 Å². The molecule has 1 atom stereocenters. The lowest BCUT2D eigenvalue weighted by atomic mass is 10.1. The predicted molar refractivity (Wildman–Crippen MR) is 82.0 cm³/mol. The summed E-state index contributed by atoms with van der Waals surface area (Å²) in [6.07, 6.45) is 5.86. The zero-order valence-electron chi connectivity index (χ0n) is 12.5. The van der Waals surface area contributed by atoms with Crippen LogP contribution >= 0.6 is 0 Å². The molecule has 2 heterocycles. The summed E-state index contributed by atoms with van der Waals surface area (Å²) in [7, 11) is 0. The maximum absolute atomic E-state index is 9.88. The lowest BCUT2D eigenvalue weighted by molar-refractivity contribution is 0.161. The Hall–Kier alpha value is -1.36. The van der Waals surface area contributed by atoms with Gasteiger partial charge in [0.1, 0.15) is 18.0 Å². The Morgan fingerprint density at radius 3 is 2.70 bits per heavy atom. The third-order valence-electron chi connectivity index (χ3n) is 3.59. The second-order valence-corrected chi connectivity index (χ2v) is 5.97. The Labute approximate surface area is 121 Å². The van der Waals surface area contributed by atoms with E-state index in [2.05, 4.69) is 34.0 Å². The minimum absolute atomic E-state index is 0.330. The highest BCUT2D eigenvalue weighted by Gasteiger charge is 2.13. The van der Waals surface area contributed by atoms with Crippen molar-refractivity contribution >= 4 is 11.6 Å². The van der Waals surface area contributed by atoms with Crippen molar-refractivity contribution in [1.82, 2.24) is 9.97 Å². The van der Waals surface area contributed by atoms with Gasteiger partial charge in [-0.25, -0.2) is 9.97 Å². The molecule has 0 amide bonds. The van der Waals surface area contributed by atoms with Crippen molar-refractivity contribution in [3.05, 3.63) is 12.4 Å². The number of aliphatic hydroxyl groups excluding tert-OH is 1. The molecule has 1 saturated heterocycles. The normalized spacial score (nSPS) is 17.3. The van der Waals surface area contributed by atoms with E-state index in [4.69, 9.17) is 0 Å². The number of hydrogen-bond donors (Lipinski definition) is 2. The van der Waals surface area contributed by atoms with E-state index < -0.39 is 0 Å². The smallest absolute Gasteiger partial charge is 0.134 e. The van der Waals surface area contributed by atoms with E-state index in [1.54, 1.807) is 6.33 Å². The number of aliphatic hydroxyl groups is 1. The molecular weight excluding hydrogens is 252 g/mol. The number of nitrogens with zero attached hydrogens (tertiary/aromatic N) is 3. The second kappa shape index (κ2) is 7.43. The van der Waals surface area contributed by atoms with Gasteiger partial charge in [0.25, 0.3) is 0 Å². The Kier molecular flexibility index (Phi) is 5.59. The SMILES string of the molecule is CC(C)CC(O)CNc1cc(N2CCCCC2)ncn1. The van der Waals surface area contributed by atoms with Crippen LogP contribution in [0.5, 0.6) is 0 Å². The molecule has 1 fully saturated rings. The maximum Gasteiger partial charge on any atom is 0.134 e. The highest BCUT2D eigenvalue weighted by molar-refractivity contribution is 5.48. The lowest BCUT2D eigenvalue weighted by Gasteiger charge is -2.27. The van der Waals surface area contributed by atoms with E-state index in [0.29, 0.717) is 12.5 Å². The molecule has 5 heteroatoms. The quantitative estimate of drug-likeness (QED) is 0.836. The molecule has 1 aliphatic rings. The summed E-state index contributed by atoms with van der Waals surface area (Å²) in [5, 5.41) is 13.1. The van der Waals surface area contributed by atoms with Crippen molar-refractivity contribution in [1.29, 1.82) is 0 Å². The molecule has 0 bridgehead atoms. The highest BCUT2D eigenvalue weighted by Crippen LogP contribution is 2.19. The van der Waals surface area contributed by atoms with E-state index >= 15 is 0 Å². The summed E-state index contributed by atoms with van der Waals surface area (Å²) in [4.78, 5) is 10.9. The monoisotopic (exact) mass is 278 g/mol. The minimum Gasteiger partial charge on any atom is -0.391 e. The standard InChI is InChI=1S/C15H26N4O/c1-12(2)8-13(20)10-16-14-9-15(18-11-17-14)19-6-4-3-5-7-19/h9,11-13,20H,3-8,10H2,1-2H3,(H,16,17,18). The molecule has 112 valence electrons. The van der Waals surface area contributed by atoms with E-state index in [0.717, 1.165) is 31.1 Å². The third kappa shape index (κ3) is 4.63. The molecule has 5 nitrogen and oxygen atoms in total. The fourth-order valence-corrected chi connectivity index (χ4v) is 2.59. The Morgan fingerprint density at radius 1 is 1.25 bits per heavy atom. The van der Waals surface area contributed by atoms with Gasteiger partial charge in [-0.15, -0.1) is 0 Å². The topological polar surface area (TPSA) is 61.3 Å². The number of aromatic nitrogens is 2. The van der Waals surface area contributed by atoms with Gasteiger partial charge in [0.2, 0.25) is 0 Å². The zero-order chi connectivity index (χ0) is 14.4. The first-order valence-corrected chi connectivity index (χ1v) is 7.64. The van der Waals surface area contributed by atoms with Crippen LogP contribution in [0.1, 0.15) is 39.5 Å². The highest BCUT2D eigenvalue weighted by atomic mass is 16.3. The van der Waals surface area contributed by atoms with Crippen LogP contribution in [0, 0.1) is 5.92 Å². The molecule has 1 unspecified atom stereocenters. The maximum atomic E-state index is 9.88. The fourth-order valence-electron chi connectivity index (χ4n) is 2.59. The molecule has 0 aliphatic carbocycles. The van der Waals surface area contributed by atoms with Crippen LogP contribution < -0.4 is 10.2 Å². The van der Waals surface area contributed by atoms with E-state index in [-0.39, 0.29) is 6.10 Å². The second-order valence-electron chi connectivity index (χ2n) is 5.97. The van der Waals surface area contributed by atoms with Gasteiger partial charge >= 0.3 is 0 Å². The lowest BCUT2D eigenvalue weighted by Crippen LogP contribution is -2.30. The van der Waals surface area contributed by atoms with Crippen molar-refractivity contribution in [2.45, 2.75) is 45.6 Å². The van der Waals surface area contributed by atoms with E-state index in [1.165, 1.54) is 19.3 Å². The number of rotatable bonds is 6. The van der Waals surface area contributed by atoms with Crippen molar-refractivity contribution < 1.29 is 5.11 Å². The van der Waals surface area contributed by atoms with Crippen LogP contribution in [0.3, 0.4) is 0 Å². The van der Waals surface area contributed by atoms with E-state index in [1.807, 2.05) is 6.07 Å². The van der Waals surface area contributed by atoms with Gasteiger partial charge in [-0.2, -0.15) is 0 Å². The molecule has 1 aromatic heterocycles. The van der Waals surface area contributed by atoms with Crippen LogP contribution in [-0.4, -0.2) is 40.8 Å². The average Bonchev–Trinajstić information content (AvgIpc) is 2.46. The number of hydrogen-bond acceptors (Lipinski definition) is 5. The summed E-state index contributed by atoms with van der Waals surface area (Å²) in [5.74, 6) is 2.28. The molecule has 2 rings (SSSR count). The van der Waals surface area contributed by atoms with Gasteiger partial charge in [-0.1, -0.05) is 13.8 Å². The van der Waals surface area contributed by atoms with Crippen LogP contribution in [0.15, 0.2) is 12.4 Å². The molecule has 0 aromatic carbocycles. The van der Waals surface area contributed by atoms with Crippen LogP contribution in [-0.2, 0) is 0 Å². The first-order chi connectivity index (χ1) is 9.65. The summed E-state index contributed by atoms with van der Waals surface area (Å²) >= 11 is 0. The van der Waals surface area contributed by atoms with Gasteiger partial charge in [-0.05, 0) is 31.6 Å². The molecule has 20 heavy (non-hydrogen) atoms. The largest absolute Gasteiger partial charge is 0.391 e. The fraction of sp³-hybridized carbons (Fsp3) is 0.733. The first-order valence-electron chi connectivity index (χ1n) is 7.64. The molecule has 1 aliphatic heterocycles. The van der Waals surface area contributed by atoms with Crippen molar-refractivity contribution in [2.24, 2.45) is 5.92 Å². The number of nitrogens with one attached hydrogen (secondary N) is 1. The van der Waals surface area contributed by atoms with Crippen LogP contribution in [0.2, 0.25) is 0 Å². The third-order valence-corrected chi connectivity index (χ3v) is 3.59. The average molecular weight is 278 g/mol. The number of piperidine rings is 1. The molecular formula is C15H26N4O. The van der Waals surface area contributed by atoms with Gasteiger partial charge in [0.05, 0.1) is 6.10 Å².